The number of thiophene rings is 1. The molecular weight excluding hydrogens is 222 g/mol. The molecule has 2 rings (SSSR count). The van der Waals surface area contributed by atoms with Gasteiger partial charge in [0, 0.05) is 19.5 Å². The van der Waals surface area contributed by atoms with Gasteiger partial charge in [-0.1, -0.05) is 0 Å². The van der Waals surface area contributed by atoms with E-state index in [1.165, 1.54) is 0 Å². The molecule has 0 aromatic carbocycles. The van der Waals surface area contributed by atoms with Crippen LogP contribution in [0.1, 0.15) is 6.92 Å². The SMILES string of the molecule is CC1N=C(Nc2ccsc2)NC(N(C)C)=N1. The molecule has 1 aromatic heterocycles. The number of aliphatic imine (C=N–C) groups is 2. The monoisotopic (exact) mass is 237 g/mol. The normalized spacial score (nSPS) is 19.6. The van der Waals surface area contributed by atoms with Gasteiger partial charge in [-0.25, -0.2) is 9.98 Å². The Morgan fingerprint density at radius 3 is 2.88 bits per heavy atom. The van der Waals surface area contributed by atoms with E-state index in [0.29, 0.717) is 0 Å². The highest BCUT2D eigenvalue weighted by Gasteiger charge is 2.14. The zero-order chi connectivity index (χ0) is 11.5. The molecule has 0 fully saturated rings. The van der Waals surface area contributed by atoms with E-state index >= 15 is 0 Å². The molecule has 1 unspecified atom stereocenters. The summed E-state index contributed by atoms with van der Waals surface area (Å²) in [5.41, 5.74) is 1.04. The minimum Gasteiger partial charge on any atom is -0.349 e. The van der Waals surface area contributed by atoms with Crippen molar-refractivity contribution in [3.05, 3.63) is 16.8 Å². The van der Waals surface area contributed by atoms with Gasteiger partial charge < -0.3 is 10.2 Å². The van der Waals surface area contributed by atoms with Gasteiger partial charge in [0.05, 0.1) is 5.69 Å². The first kappa shape index (κ1) is 10.9. The first-order valence-electron chi connectivity index (χ1n) is 5.04. The van der Waals surface area contributed by atoms with Crippen molar-refractivity contribution in [1.82, 2.24) is 10.2 Å². The Labute approximate surface area is 98.9 Å². The highest BCUT2D eigenvalue weighted by molar-refractivity contribution is 7.08. The number of hydrogen-bond donors (Lipinski definition) is 2. The number of anilines is 1. The molecule has 0 saturated heterocycles. The molecule has 5 nitrogen and oxygen atoms in total. The largest absolute Gasteiger partial charge is 0.349 e. The molecule has 86 valence electrons. The van der Waals surface area contributed by atoms with Crippen LogP contribution in [0.25, 0.3) is 0 Å². The number of nitrogens with one attached hydrogen (secondary N) is 2. The summed E-state index contributed by atoms with van der Waals surface area (Å²) in [5, 5.41) is 10.4. The molecule has 0 spiro atoms. The smallest absolute Gasteiger partial charge is 0.204 e. The molecule has 2 N–H and O–H groups in total. The molecule has 0 radical (unpaired) electrons. The molecule has 0 saturated carbocycles. The average Bonchev–Trinajstić information content (AvgIpc) is 2.69. The quantitative estimate of drug-likeness (QED) is 0.776. The number of nitrogens with zero attached hydrogens (tertiary/aromatic N) is 3. The van der Waals surface area contributed by atoms with Crippen molar-refractivity contribution < 1.29 is 0 Å². The fourth-order valence-corrected chi connectivity index (χ4v) is 1.91. The Hall–Kier alpha value is -1.56. The van der Waals surface area contributed by atoms with E-state index in [-0.39, 0.29) is 6.17 Å². The second-order valence-corrected chi connectivity index (χ2v) is 4.50. The van der Waals surface area contributed by atoms with Crippen molar-refractivity contribution >= 4 is 28.9 Å². The van der Waals surface area contributed by atoms with E-state index in [1.54, 1.807) is 11.3 Å². The molecule has 1 atom stereocenters. The van der Waals surface area contributed by atoms with Crippen LogP contribution in [0.3, 0.4) is 0 Å². The van der Waals surface area contributed by atoms with E-state index in [2.05, 4.69) is 20.6 Å². The standard InChI is InChI=1S/C10H15N5S/c1-7-11-9(13-8-4-5-16-6-8)14-10(12-7)15(2)3/h4-7H,1-3H3,(H2,11,12,13,14). The van der Waals surface area contributed by atoms with Crippen molar-refractivity contribution in [3.8, 4) is 0 Å². The van der Waals surface area contributed by atoms with Crippen LogP contribution in [0, 0.1) is 0 Å². The van der Waals surface area contributed by atoms with Gasteiger partial charge in [0.25, 0.3) is 0 Å². The van der Waals surface area contributed by atoms with Crippen LogP contribution >= 0.6 is 11.3 Å². The number of hydrogen-bond acceptors (Lipinski definition) is 6. The van der Waals surface area contributed by atoms with Crippen LogP contribution in [0.4, 0.5) is 5.69 Å². The van der Waals surface area contributed by atoms with Crippen molar-refractivity contribution in [1.29, 1.82) is 0 Å². The maximum absolute atomic E-state index is 4.37. The van der Waals surface area contributed by atoms with Gasteiger partial charge in [0.2, 0.25) is 11.9 Å². The first-order valence-corrected chi connectivity index (χ1v) is 5.98. The number of rotatable bonds is 1. The lowest BCUT2D eigenvalue weighted by Gasteiger charge is -2.24. The van der Waals surface area contributed by atoms with E-state index in [9.17, 15) is 0 Å². The van der Waals surface area contributed by atoms with Crippen LogP contribution in [-0.4, -0.2) is 37.1 Å². The van der Waals surface area contributed by atoms with Gasteiger partial charge in [-0.05, 0) is 18.4 Å². The summed E-state index contributed by atoms with van der Waals surface area (Å²) in [5.74, 6) is 1.56. The van der Waals surface area contributed by atoms with Crippen LogP contribution in [0.5, 0.6) is 0 Å². The van der Waals surface area contributed by atoms with Gasteiger partial charge in [-0.3, -0.25) is 5.32 Å². The van der Waals surface area contributed by atoms with E-state index in [0.717, 1.165) is 17.6 Å². The molecule has 1 aliphatic rings. The molecular formula is C10H15N5S. The minimum absolute atomic E-state index is 0.0558. The zero-order valence-electron chi connectivity index (χ0n) is 9.56. The van der Waals surface area contributed by atoms with Crippen LogP contribution in [0.2, 0.25) is 0 Å². The molecule has 0 bridgehead atoms. The third-order valence-corrected chi connectivity index (χ3v) is 2.75. The van der Waals surface area contributed by atoms with E-state index in [4.69, 9.17) is 0 Å². The predicted molar refractivity (Wildman–Crippen MR) is 69.1 cm³/mol. The van der Waals surface area contributed by atoms with Crippen molar-refractivity contribution in [2.24, 2.45) is 9.98 Å². The van der Waals surface area contributed by atoms with Crippen LogP contribution in [-0.2, 0) is 0 Å². The third-order valence-electron chi connectivity index (χ3n) is 2.06. The molecule has 2 heterocycles. The molecule has 0 amide bonds. The highest BCUT2D eigenvalue weighted by Crippen LogP contribution is 2.12. The van der Waals surface area contributed by atoms with Crippen LogP contribution < -0.4 is 10.6 Å². The summed E-state index contributed by atoms with van der Waals surface area (Å²) < 4.78 is 0. The van der Waals surface area contributed by atoms with Crippen molar-refractivity contribution in [2.45, 2.75) is 13.1 Å². The Morgan fingerprint density at radius 1 is 1.44 bits per heavy atom. The Balaban J connectivity index is 2.07. The van der Waals surface area contributed by atoms with Gasteiger partial charge >= 0.3 is 0 Å². The lowest BCUT2D eigenvalue weighted by molar-refractivity contribution is 0.582. The van der Waals surface area contributed by atoms with Crippen molar-refractivity contribution in [3.63, 3.8) is 0 Å². The molecule has 16 heavy (non-hydrogen) atoms. The van der Waals surface area contributed by atoms with Crippen LogP contribution in [0.15, 0.2) is 26.8 Å². The minimum atomic E-state index is -0.0558. The summed E-state index contributed by atoms with van der Waals surface area (Å²) in [6.07, 6.45) is -0.0558. The van der Waals surface area contributed by atoms with E-state index in [1.807, 2.05) is 42.7 Å². The second-order valence-electron chi connectivity index (χ2n) is 3.72. The van der Waals surface area contributed by atoms with Gasteiger partial charge in [0.15, 0.2) is 0 Å². The van der Waals surface area contributed by atoms with Gasteiger partial charge in [-0.2, -0.15) is 11.3 Å². The molecule has 6 heteroatoms. The molecule has 1 aromatic rings. The molecule has 1 aliphatic heterocycles. The van der Waals surface area contributed by atoms with Gasteiger partial charge in [0.1, 0.15) is 6.17 Å². The Morgan fingerprint density at radius 2 is 2.25 bits per heavy atom. The summed E-state index contributed by atoms with van der Waals surface area (Å²) >= 11 is 1.65. The second kappa shape index (κ2) is 4.52. The molecule has 0 aliphatic carbocycles. The Kier molecular flexibility index (Phi) is 3.09. The average molecular weight is 237 g/mol. The zero-order valence-corrected chi connectivity index (χ0v) is 10.4. The van der Waals surface area contributed by atoms with Crippen molar-refractivity contribution in [2.75, 3.05) is 19.4 Å². The fourth-order valence-electron chi connectivity index (χ4n) is 1.33. The summed E-state index contributed by atoms with van der Waals surface area (Å²) in [4.78, 5) is 10.7. The first-order chi connectivity index (χ1) is 7.65. The summed E-state index contributed by atoms with van der Waals surface area (Å²) in [6.45, 7) is 1.96. The fraction of sp³-hybridized carbons (Fsp3) is 0.400. The maximum Gasteiger partial charge on any atom is 0.204 e. The third kappa shape index (κ3) is 2.52. The maximum atomic E-state index is 4.37. The lowest BCUT2D eigenvalue weighted by atomic mass is 10.5. The van der Waals surface area contributed by atoms with E-state index < -0.39 is 0 Å². The Bertz CT molecular complexity index is 407. The lowest BCUT2D eigenvalue weighted by Crippen LogP contribution is -2.46. The summed E-state index contributed by atoms with van der Waals surface area (Å²) in [7, 11) is 3.90. The number of guanidine groups is 2. The predicted octanol–water partition coefficient (Wildman–Crippen LogP) is 1.38. The topological polar surface area (TPSA) is 52.0 Å². The summed E-state index contributed by atoms with van der Waals surface area (Å²) in [6, 6.07) is 2.01. The van der Waals surface area contributed by atoms with Gasteiger partial charge in [-0.15, -0.1) is 0 Å². The highest BCUT2D eigenvalue weighted by atomic mass is 32.1.